The van der Waals surface area contributed by atoms with Crippen LogP contribution in [0.3, 0.4) is 0 Å². The van der Waals surface area contributed by atoms with Gasteiger partial charge < -0.3 is 14.6 Å². The second-order valence-electron chi connectivity index (χ2n) is 7.75. The molecule has 2 aromatic rings. The fourth-order valence-corrected chi connectivity index (χ4v) is 4.90. The number of likely N-dealkylation sites (tertiary alicyclic amines) is 1. The third-order valence-corrected chi connectivity index (χ3v) is 6.09. The first kappa shape index (κ1) is 16.6. The van der Waals surface area contributed by atoms with Crippen molar-refractivity contribution in [3.8, 4) is 0 Å². The summed E-state index contributed by atoms with van der Waals surface area (Å²) in [7, 11) is 1.82. The summed E-state index contributed by atoms with van der Waals surface area (Å²) in [5.41, 5.74) is 3.20. The van der Waals surface area contributed by atoms with Gasteiger partial charge in [0, 0.05) is 25.6 Å². The number of H-pyrrole nitrogens is 1. The van der Waals surface area contributed by atoms with Crippen molar-refractivity contribution < 1.29 is 9.53 Å². The number of hydrogen-bond donors (Lipinski definition) is 1. The zero-order chi connectivity index (χ0) is 17.4. The number of amides is 1. The predicted molar refractivity (Wildman–Crippen MR) is 97.4 cm³/mol. The van der Waals surface area contributed by atoms with Crippen molar-refractivity contribution >= 4 is 16.9 Å². The molecule has 1 aliphatic heterocycles. The van der Waals surface area contributed by atoms with Crippen LogP contribution in [0.2, 0.25) is 0 Å². The van der Waals surface area contributed by atoms with E-state index in [1.54, 1.807) is 0 Å². The van der Waals surface area contributed by atoms with Crippen LogP contribution in [0.4, 0.5) is 0 Å². The number of nitrogens with zero attached hydrogens (tertiary/aromatic N) is 2. The SMILES string of the molecule is CO[C@@H]1CCC[C@]12CCCN(C(=O)Cc1ccc3nc(C)[nH]c3c1)C2. The van der Waals surface area contributed by atoms with E-state index in [4.69, 9.17) is 4.74 Å². The van der Waals surface area contributed by atoms with Gasteiger partial charge in [0.15, 0.2) is 0 Å². The molecule has 2 fully saturated rings. The van der Waals surface area contributed by atoms with Gasteiger partial charge in [-0.05, 0) is 50.3 Å². The number of benzene rings is 1. The second-order valence-corrected chi connectivity index (χ2v) is 7.75. The number of ether oxygens (including phenoxy) is 1. The minimum atomic E-state index is 0.188. The molecule has 1 saturated carbocycles. The molecule has 1 amide bonds. The fourth-order valence-electron chi connectivity index (χ4n) is 4.90. The lowest BCUT2D eigenvalue weighted by Gasteiger charge is -2.43. The third kappa shape index (κ3) is 3.06. The van der Waals surface area contributed by atoms with Crippen molar-refractivity contribution in [3.63, 3.8) is 0 Å². The number of carbonyl (C=O) groups excluding carboxylic acids is 1. The van der Waals surface area contributed by atoms with Gasteiger partial charge in [-0.1, -0.05) is 12.5 Å². The molecule has 0 unspecified atom stereocenters. The van der Waals surface area contributed by atoms with E-state index in [9.17, 15) is 4.79 Å². The molecule has 1 N–H and O–H groups in total. The lowest BCUT2D eigenvalue weighted by atomic mass is 9.76. The molecule has 5 heteroatoms. The normalized spacial score (nSPS) is 26.6. The minimum absolute atomic E-state index is 0.188. The fraction of sp³-hybridized carbons (Fsp3) is 0.600. The van der Waals surface area contributed by atoms with Crippen LogP contribution in [0, 0.1) is 12.3 Å². The number of carbonyl (C=O) groups is 1. The highest BCUT2D eigenvalue weighted by molar-refractivity contribution is 5.82. The van der Waals surface area contributed by atoms with Crippen molar-refractivity contribution in [2.75, 3.05) is 20.2 Å². The summed E-state index contributed by atoms with van der Waals surface area (Å²) >= 11 is 0. The van der Waals surface area contributed by atoms with Crippen molar-refractivity contribution in [1.29, 1.82) is 0 Å². The number of aromatic amines is 1. The molecule has 1 aromatic carbocycles. The predicted octanol–water partition coefficient (Wildman–Crippen LogP) is 3.22. The van der Waals surface area contributed by atoms with Crippen LogP contribution in [0.5, 0.6) is 0 Å². The van der Waals surface area contributed by atoms with Crippen LogP contribution in [0.25, 0.3) is 11.0 Å². The number of nitrogens with one attached hydrogen (secondary N) is 1. The van der Waals surface area contributed by atoms with Gasteiger partial charge in [-0.2, -0.15) is 0 Å². The molecule has 4 rings (SSSR count). The average molecular weight is 341 g/mol. The maximum Gasteiger partial charge on any atom is 0.227 e. The smallest absolute Gasteiger partial charge is 0.227 e. The topological polar surface area (TPSA) is 58.2 Å². The van der Waals surface area contributed by atoms with Crippen LogP contribution in [-0.2, 0) is 16.0 Å². The Morgan fingerprint density at radius 3 is 3.08 bits per heavy atom. The number of piperidine rings is 1. The molecular formula is C20H27N3O2. The van der Waals surface area contributed by atoms with Crippen molar-refractivity contribution in [2.45, 2.75) is 51.6 Å². The van der Waals surface area contributed by atoms with Crippen molar-refractivity contribution in [2.24, 2.45) is 5.41 Å². The van der Waals surface area contributed by atoms with E-state index in [2.05, 4.69) is 20.9 Å². The highest BCUT2D eigenvalue weighted by Gasteiger charge is 2.46. The van der Waals surface area contributed by atoms with Gasteiger partial charge in [-0.15, -0.1) is 0 Å². The Hall–Kier alpha value is -1.88. The molecule has 1 spiro atoms. The van der Waals surface area contributed by atoms with Crippen molar-refractivity contribution in [3.05, 3.63) is 29.6 Å². The summed E-state index contributed by atoms with van der Waals surface area (Å²) in [6.45, 7) is 3.68. The van der Waals surface area contributed by atoms with Gasteiger partial charge in [-0.25, -0.2) is 4.98 Å². The van der Waals surface area contributed by atoms with E-state index in [-0.39, 0.29) is 11.3 Å². The molecule has 1 saturated heterocycles. The van der Waals surface area contributed by atoms with Crippen molar-refractivity contribution in [1.82, 2.24) is 14.9 Å². The number of fused-ring (bicyclic) bond motifs is 1. The van der Waals surface area contributed by atoms with E-state index in [1.807, 2.05) is 26.2 Å². The zero-order valence-electron chi connectivity index (χ0n) is 15.2. The average Bonchev–Trinajstić information content (AvgIpc) is 3.16. The first-order chi connectivity index (χ1) is 12.1. The first-order valence-electron chi connectivity index (χ1n) is 9.35. The molecule has 0 bridgehead atoms. The molecule has 5 nitrogen and oxygen atoms in total. The number of rotatable bonds is 3. The summed E-state index contributed by atoms with van der Waals surface area (Å²) in [6.07, 6.45) is 6.59. The first-order valence-corrected chi connectivity index (χ1v) is 9.35. The number of aryl methyl sites for hydroxylation is 1. The van der Waals surface area contributed by atoms with Crippen LogP contribution in [0.1, 0.15) is 43.5 Å². The van der Waals surface area contributed by atoms with Gasteiger partial charge in [0.05, 0.1) is 23.6 Å². The third-order valence-electron chi connectivity index (χ3n) is 6.09. The quantitative estimate of drug-likeness (QED) is 0.932. The Bertz CT molecular complexity index is 784. The molecule has 2 aliphatic rings. The largest absolute Gasteiger partial charge is 0.381 e. The summed E-state index contributed by atoms with van der Waals surface area (Å²) in [6, 6.07) is 6.07. The monoisotopic (exact) mass is 341 g/mol. The van der Waals surface area contributed by atoms with E-state index in [0.29, 0.717) is 12.5 Å². The highest BCUT2D eigenvalue weighted by Crippen LogP contribution is 2.46. The van der Waals surface area contributed by atoms with Gasteiger partial charge in [-0.3, -0.25) is 4.79 Å². The number of imidazole rings is 1. The van der Waals surface area contributed by atoms with Crippen LogP contribution in [-0.4, -0.2) is 47.1 Å². The highest BCUT2D eigenvalue weighted by atomic mass is 16.5. The lowest BCUT2D eigenvalue weighted by molar-refractivity contribution is -0.136. The van der Waals surface area contributed by atoms with Gasteiger partial charge in [0.25, 0.3) is 0 Å². The molecule has 1 aliphatic carbocycles. The summed E-state index contributed by atoms with van der Waals surface area (Å²) < 4.78 is 5.75. The minimum Gasteiger partial charge on any atom is -0.381 e. The molecule has 2 heterocycles. The Balaban J connectivity index is 1.48. The molecular weight excluding hydrogens is 314 g/mol. The maximum atomic E-state index is 12.9. The van der Waals surface area contributed by atoms with Gasteiger partial charge in [0.1, 0.15) is 5.82 Å². The summed E-state index contributed by atoms with van der Waals surface area (Å²) in [5, 5.41) is 0. The molecule has 25 heavy (non-hydrogen) atoms. The second kappa shape index (κ2) is 6.45. The van der Waals surface area contributed by atoms with E-state index in [1.165, 1.54) is 19.3 Å². The molecule has 0 radical (unpaired) electrons. The Kier molecular flexibility index (Phi) is 4.28. The Morgan fingerprint density at radius 2 is 2.24 bits per heavy atom. The molecule has 2 atom stereocenters. The number of hydrogen-bond acceptors (Lipinski definition) is 3. The zero-order valence-corrected chi connectivity index (χ0v) is 15.2. The standard InChI is InChI=1S/C20H27N3O2/c1-14-21-16-7-6-15(11-17(16)22-14)12-19(24)23-10-4-9-20(13-23)8-3-5-18(20)25-2/h6-7,11,18H,3-5,8-10,12-13H2,1-2H3,(H,21,22)/t18-,20-/m1/s1. The Morgan fingerprint density at radius 1 is 1.40 bits per heavy atom. The maximum absolute atomic E-state index is 12.9. The van der Waals surface area contributed by atoms with E-state index >= 15 is 0 Å². The van der Waals surface area contributed by atoms with E-state index in [0.717, 1.165) is 48.4 Å². The van der Waals surface area contributed by atoms with E-state index < -0.39 is 0 Å². The van der Waals surface area contributed by atoms with Crippen LogP contribution >= 0.6 is 0 Å². The number of aromatic nitrogens is 2. The molecule has 1 aromatic heterocycles. The summed E-state index contributed by atoms with van der Waals surface area (Å²) in [5.74, 6) is 1.14. The van der Waals surface area contributed by atoms with Gasteiger partial charge in [0.2, 0.25) is 5.91 Å². The Labute approximate surface area is 148 Å². The van der Waals surface area contributed by atoms with Crippen LogP contribution in [0.15, 0.2) is 18.2 Å². The molecule has 134 valence electrons. The number of methoxy groups -OCH3 is 1. The van der Waals surface area contributed by atoms with Crippen LogP contribution < -0.4 is 0 Å². The van der Waals surface area contributed by atoms with Gasteiger partial charge >= 0.3 is 0 Å². The summed E-state index contributed by atoms with van der Waals surface area (Å²) in [4.78, 5) is 22.7. The lowest BCUT2D eigenvalue weighted by Crippen LogP contribution is -2.50.